The maximum atomic E-state index is 12.5. The number of nitrogens with zero attached hydrogens (tertiary/aromatic N) is 2. The summed E-state index contributed by atoms with van der Waals surface area (Å²) in [6.45, 7) is -0.127. The fraction of sp³-hybridized carbons (Fsp3) is 0.188. The number of hydrogen-bond donors (Lipinski definition) is 2. The second-order valence-corrected chi connectivity index (χ2v) is 5.84. The highest BCUT2D eigenvalue weighted by molar-refractivity contribution is 7.00. The molecule has 1 unspecified atom stereocenters. The molecule has 2 N–H and O–H groups in total. The van der Waals surface area contributed by atoms with Crippen molar-refractivity contribution in [3.8, 4) is 0 Å². The lowest BCUT2D eigenvalue weighted by molar-refractivity contribution is -0.137. The van der Waals surface area contributed by atoms with E-state index < -0.39 is 23.8 Å². The van der Waals surface area contributed by atoms with Crippen LogP contribution in [0.15, 0.2) is 42.5 Å². The molecule has 0 saturated carbocycles. The van der Waals surface area contributed by atoms with E-state index in [-0.39, 0.29) is 12.1 Å². The first-order chi connectivity index (χ1) is 11.8. The summed E-state index contributed by atoms with van der Waals surface area (Å²) in [7, 11) is 0. The van der Waals surface area contributed by atoms with Gasteiger partial charge >= 0.3 is 6.18 Å². The number of carbonyl (C=O) groups is 1. The van der Waals surface area contributed by atoms with Crippen LogP contribution in [-0.2, 0) is 6.18 Å². The lowest BCUT2D eigenvalue weighted by Crippen LogP contribution is -2.28. The van der Waals surface area contributed by atoms with Gasteiger partial charge in [-0.3, -0.25) is 4.79 Å². The molecular formula is C16H12F3N3O2S. The summed E-state index contributed by atoms with van der Waals surface area (Å²) in [6.07, 6.45) is -5.54. The quantitative estimate of drug-likeness (QED) is 0.743. The Morgan fingerprint density at radius 1 is 1.12 bits per heavy atom. The van der Waals surface area contributed by atoms with Gasteiger partial charge in [0.1, 0.15) is 11.0 Å². The molecule has 9 heteroatoms. The molecule has 3 rings (SSSR count). The summed E-state index contributed by atoms with van der Waals surface area (Å²) in [6, 6.07) is 8.99. The zero-order valence-electron chi connectivity index (χ0n) is 12.6. The van der Waals surface area contributed by atoms with Crippen molar-refractivity contribution in [3.05, 3.63) is 59.2 Å². The highest BCUT2D eigenvalue weighted by Crippen LogP contribution is 2.29. The number of halogens is 3. The summed E-state index contributed by atoms with van der Waals surface area (Å²) in [5.41, 5.74) is 1.14. The predicted octanol–water partition coefficient (Wildman–Crippen LogP) is 3.17. The number of aromatic nitrogens is 2. The minimum absolute atomic E-state index is 0.127. The monoisotopic (exact) mass is 367 g/mol. The van der Waals surface area contributed by atoms with Crippen LogP contribution in [-0.4, -0.2) is 26.3 Å². The van der Waals surface area contributed by atoms with Gasteiger partial charge in [0.05, 0.1) is 23.4 Å². The third kappa shape index (κ3) is 3.94. The number of rotatable bonds is 4. The minimum atomic E-state index is -4.43. The van der Waals surface area contributed by atoms with Gasteiger partial charge in [-0.05, 0) is 35.9 Å². The van der Waals surface area contributed by atoms with Crippen LogP contribution in [0.3, 0.4) is 0 Å². The van der Waals surface area contributed by atoms with Crippen molar-refractivity contribution < 1.29 is 23.1 Å². The molecule has 0 aliphatic rings. The van der Waals surface area contributed by atoms with Gasteiger partial charge in [-0.2, -0.15) is 21.9 Å². The van der Waals surface area contributed by atoms with Crippen LogP contribution in [0.2, 0.25) is 0 Å². The van der Waals surface area contributed by atoms with Crippen molar-refractivity contribution >= 4 is 28.7 Å². The van der Waals surface area contributed by atoms with Gasteiger partial charge < -0.3 is 10.4 Å². The first kappa shape index (κ1) is 17.3. The molecular weight excluding hydrogens is 355 g/mol. The van der Waals surface area contributed by atoms with Crippen molar-refractivity contribution in [2.75, 3.05) is 6.54 Å². The maximum Gasteiger partial charge on any atom is 0.416 e. The number of amides is 1. The van der Waals surface area contributed by atoms with Crippen LogP contribution in [0, 0.1) is 0 Å². The zero-order valence-corrected chi connectivity index (χ0v) is 13.4. The van der Waals surface area contributed by atoms with Gasteiger partial charge in [0.15, 0.2) is 0 Å². The van der Waals surface area contributed by atoms with Crippen LogP contribution in [0.25, 0.3) is 11.0 Å². The van der Waals surface area contributed by atoms with E-state index >= 15 is 0 Å². The molecule has 0 aliphatic heterocycles. The van der Waals surface area contributed by atoms with Gasteiger partial charge in [-0.15, -0.1) is 0 Å². The third-order valence-electron chi connectivity index (χ3n) is 3.59. The molecule has 0 aliphatic carbocycles. The number of aliphatic hydroxyl groups is 1. The largest absolute Gasteiger partial charge is 0.416 e. The molecule has 5 nitrogen and oxygen atoms in total. The number of carbonyl (C=O) groups excluding carboxylic acids is 1. The third-order valence-corrected chi connectivity index (χ3v) is 4.15. The molecule has 2 aromatic carbocycles. The van der Waals surface area contributed by atoms with Crippen LogP contribution in [0.4, 0.5) is 13.2 Å². The Labute approximate surface area is 144 Å². The fourth-order valence-electron chi connectivity index (χ4n) is 2.23. The molecule has 1 heterocycles. The molecule has 1 amide bonds. The van der Waals surface area contributed by atoms with Crippen LogP contribution in [0.1, 0.15) is 27.6 Å². The normalized spacial score (nSPS) is 13.0. The molecule has 1 atom stereocenters. The van der Waals surface area contributed by atoms with E-state index in [4.69, 9.17) is 0 Å². The Morgan fingerprint density at radius 3 is 2.48 bits per heavy atom. The molecule has 0 saturated heterocycles. The van der Waals surface area contributed by atoms with Crippen molar-refractivity contribution in [2.24, 2.45) is 0 Å². The average Bonchev–Trinajstić information content (AvgIpc) is 3.06. The Balaban J connectivity index is 1.63. The van der Waals surface area contributed by atoms with Crippen molar-refractivity contribution in [3.63, 3.8) is 0 Å². The number of hydrogen-bond acceptors (Lipinski definition) is 5. The van der Waals surface area contributed by atoms with E-state index in [1.54, 1.807) is 18.2 Å². The zero-order chi connectivity index (χ0) is 18.0. The Bertz CT molecular complexity index is 894. The van der Waals surface area contributed by atoms with E-state index in [1.807, 2.05) is 0 Å². The molecule has 0 spiro atoms. The first-order valence-electron chi connectivity index (χ1n) is 7.20. The summed E-state index contributed by atoms with van der Waals surface area (Å²) < 4.78 is 45.6. The van der Waals surface area contributed by atoms with Gasteiger partial charge in [-0.25, -0.2) is 0 Å². The molecule has 0 fully saturated rings. The molecule has 0 radical (unpaired) electrons. The van der Waals surface area contributed by atoms with E-state index in [2.05, 4.69) is 14.1 Å². The Kier molecular flexibility index (Phi) is 4.69. The lowest BCUT2D eigenvalue weighted by atomic mass is 10.1. The molecule has 3 aromatic rings. The van der Waals surface area contributed by atoms with E-state index in [0.29, 0.717) is 16.6 Å². The van der Waals surface area contributed by atoms with E-state index in [9.17, 15) is 23.1 Å². The summed E-state index contributed by atoms with van der Waals surface area (Å²) >= 11 is 1.04. The lowest BCUT2D eigenvalue weighted by Gasteiger charge is -2.13. The van der Waals surface area contributed by atoms with Crippen molar-refractivity contribution in [1.82, 2.24) is 14.1 Å². The second-order valence-electron chi connectivity index (χ2n) is 5.31. The molecule has 0 bridgehead atoms. The first-order valence-corrected chi connectivity index (χ1v) is 7.93. The summed E-state index contributed by atoms with van der Waals surface area (Å²) in [4.78, 5) is 12.1. The van der Waals surface area contributed by atoms with Gasteiger partial charge in [0.2, 0.25) is 0 Å². The molecule has 130 valence electrons. The van der Waals surface area contributed by atoms with Crippen LogP contribution < -0.4 is 5.32 Å². The fourth-order valence-corrected chi connectivity index (χ4v) is 2.74. The second kappa shape index (κ2) is 6.77. The number of nitrogens with one attached hydrogen (secondary N) is 1. The minimum Gasteiger partial charge on any atom is -0.387 e. The SMILES string of the molecule is O=C(NCC(O)c1ccc(C(F)(F)F)cc1)c1ccc2nsnc2c1. The van der Waals surface area contributed by atoms with Gasteiger partial charge in [-0.1, -0.05) is 12.1 Å². The average molecular weight is 367 g/mol. The number of alkyl halides is 3. The smallest absolute Gasteiger partial charge is 0.387 e. The standard InChI is InChI=1S/C16H12F3N3O2S/c17-16(18,19)11-4-1-9(2-5-11)14(23)8-20-15(24)10-3-6-12-13(7-10)22-25-21-12/h1-7,14,23H,8H2,(H,20,24). The van der Waals surface area contributed by atoms with Gasteiger partial charge in [0, 0.05) is 12.1 Å². The number of aliphatic hydroxyl groups excluding tert-OH is 1. The van der Waals surface area contributed by atoms with Gasteiger partial charge in [0.25, 0.3) is 5.91 Å². The maximum absolute atomic E-state index is 12.5. The van der Waals surface area contributed by atoms with Crippen LogP contribution in [0.5, 0.6) is 0 Å². The molecule has 25 heavy (non-hydrogen) atoms. The Hall–Kier alpha value is -2.52. The van der Waals surface area contributed by atoms with E-state index in [0.717, 1.165) is 23.9 Å². The highest BCUT2D eigenvalue weighted by Gasteiger charge is 2.30. The van der Waals surface area contributed by atoms with Crippen molar-refractivity contribution in [1.29, 1.82) is 0 Å². The Morgan fingerprint density at radius 2 is 1.80 bits per heavy atom. The summed E-state index contributed by atoms with van der Waals surface area (Å²) in [5, 5.41) is 12.6. The number of fused-ring (bicyclic) bond motifs is 1. The topological polar surface area (TPSA) is 75.1 Å². The van der Waals surface area contributed by atoms with Crippen LogP contribution >= 0.6 is 11.7 Å². The number of benzene rings is 2. The van der Waals surface area contributed by atoms with Crippen molar-refractivity contribution in [2.45, 2.75) is 12.3 Å². The highest BCUT2D eigenvalue weighted by atomic mass is 32.1. The predicted molar refractivity (Wildman–Crippen MR) is 86.2 cm³/mol. The summed E-state index contributed by atoms with van der Waals surface area (Å²) in [5.74, 6) is -0.416. The van der Waals surface area contributed by atoms with E-state index in [1.165, 1.54) is 12.1 Å². The molecule has 1 aromatic heterocycles.